The van der Waals surface area contributed by atoms with Crippen molar-refractivity contribution in [1.29, 1.82) is 0 Å². The van der Waals surface area contributed by atoms with Crippen LogP contribution in [0.25, 0.3) is 0 Å². The average Bonchev–Trinajstić information content (AvgIpc) is 2.52. The van der Waals surface area contributed by atoms with Gasteiger partial charge >= 0.3 is 11.4 Å². The monoisotopic (exact) mass is 315 g/mol. The summed E-state index contributed by atoms with van der Waals surface area (Å²) in [7, 11) is 0. The van der Waals surface area contributed by atoms with Gasteiger partial charge in [0.25, 0.3) is 0 Å². The summed E-state index contributed by atoms with van der Waals surface area (Å²) in [6.07, 6.45) is 0.630. The van der Waals surface area contributed by atoms with E-state index >= 15 is 0 Å². The number of nitro groups is 2. The Kier molecular flexibility index (Phi) is 4.55. The summed E-state index contributed by atoms with van der Waals surface area (Å²) in [6.45, 7) is 3.62. The Morgan fingerprint density at radius 3 is 2.35 bits per heavy atom. The van der Waals surface area contributed by atoms with Gasteiger partial charge in [-0.1, -0.05) is 30.8 Å². The van der Waals surface area contributed by atoms with Crippen molar-refractivity contribution < 1.29 is 14.6 Å². The first-order chi connectivity index (χ1) is 11.0. The van der Waals surface area contributed by atoms with Crippen molar-refractivity contribution in [2.45, 2.75) is 6.10 Å². The number of nitrogen functional groups attached to an aromatic ring is 1. The third-order valence-corrected chi connectivity index (χ3v) is 3.13. The zero-order valence-corrected chi connectivity index (χ0v) is 11.9. The highest BCUT2D eigenvalue weighted by Gasteiger charge is 2.30. The van der Waals surface area contributed by atoms with Crippen molar-refractivity contribution in [3.05, 3.63) is 80.9 Å². The van der Waals surface area contributed by atoms with Gasteiger partial charge in [-0.25, -0.2) is 0 Å². The Morgan fingerprint density at radius 1 is 1.09 bits per heavy atom. The summed E-state index contributed by atoms with van der Waals surface area (Å²) in [6, 6.07) is 10.4. The molecule has 0 heterocycles. The Bertz CT molecular complexity index is 775. The number of anilines is 1. The molecule has 2 N–H and O–H groups in total. The van der Waals surface area contributed by atoms with E-state index in [1.165, 1.54) is 18.2 Å². The van der Waals surface area contributed by atoms with E-state index in [1.54, 1.807) is 24.3 Å². The normalized spacial score (nSPS) is 11.5. The van der Waals surface area contributed by atoms with Crippen LogP contribution in [0.1, 0.15) is 11.7 Å². The number of nitrogens with zero attached hydrogens (tertiary/aromatic N) is 2. The first kappa shape index (κ1) is 16.0. The van der Waals surface area contributed by atoms with Crippen LogP contribution in [0, 0.1) is 20.2 Å². The summed E-state index contributed by atoms with van der Waals surface area (Å²) >= 11 is 0. The summed E-state index contributed by atoms with van der Waals surface area (Å²) < 4.78 is 5.57. The number of hydrogen-bond donors (Lipinski definition) is 1. The number of benzene rings is 2. The number of nitrogens with two attached hydrogens (primary N) is 1. The molecule has 0 aliphatic carbocycles. The first-order valence-corrected chi connectivity index (χ1v) is 6.51. The van der Waals surface area contributed by atoms with Gasteiger partial charge < -0.3 is 10.5 Å². The van der Waals surface area contributed by atoms with Crippen LogP contribution in [-0.4, -0.2) is 9.85 Å². The van der Waals surface area contributed by atoms with E-state index in [4.69, 9.17) is 10.5 Å². The average molecular weight is 315 g/mol. The van der Waals surface area contributed by atoms with E-state index in [2.05, 4.69) is 6.58 Å². The van der Waals surface area contributed by atoms with Crippen LogP contribution >= 0.6 is 0 Å². The van der Waals surface area contributed by atoms with E-state index in [9.17, 15) is 20.2 Å². The lowest BCUT2D eigenvalue weighted by Crippen LogP contribution is -2.09. The van der Waals surface area contributed by atoms with Crippen LogP contribution in [0.3, 0.4) is 0 Å². The molecule has 0 bridgehead atoms. The molecular formula is C15H13N3O5. The third-order valence-electron chi connectivity index (χ3n) is 3.13. The van der Waals surface area contributed by atoms with Crippen LogP contribution in [-0.2, 0) is 0 Å². The van der Waals surface area contributed by atoms with Gasteiger partial charge in [0.15, 0.2) is 0 Å². The second kappa shape index (κ2) is 6.56. The van der Waals surface area contributed by atoms with Crippen LogP contribution in [0.2, 0.25) is 0 Å². The zero-order chi connectivity index (χ0) is 17.0. The molecule has 8 heteroatoms. The molecule has 2 rings (SSSR count). The van der Waals surface area contributed by atoms with Gasteiger partial charge in [0, 0.05) is 17.3 Å². The Hall–Kier alpha value is -3.42. The number of hydrogen-bond acceptors (Lipinski definition) is 6. The minimum Gasteiger partial charge on any atom is -0.474 e. The third kappa shape index (κ3) is 3.26. The Balaban J connectivity index is 2.48. The number of para-hydroxylation sites is 2. The molecule has 0 spiro atoms. The van der Waals surface area contributed by atoms with Gasteiger partial charge in [-0.2, -0.15) is 0 Å². The first-order valence-electron chi connectivity index (χ1n) is 6.51. The Labute approximate surface area is 131 Å². The van der Waals surface area contributed by atoms with Crippen LogP contribution < -0.4 is 10.5 Å². The van der Waals surface area contributed by atoms with Crippen LogP contribution in [0.15, 0.2) is 55.1 Å². The quantitative estimate of drug-likeness (QED) is 0.377. The van der Waals surface area contributed by atoms with E-state index < -0.39 is 27.3 Å². The largest absolute Gasteiger partial charge is 0.474 e. The SMILES string of the molecule is C=CC(Oc1cccc([N+](=O)[O-])c1[N+](=O)[O-])c1ccccc1N. The van der Waals surface area contributed by atoms with Crippen molar-refractivity contribution in [2.24, 2.45) is 0 Å². The van der Waals surface area contributed by atoms with Gasteiger partial charge in [-0.15, -0.1) is 0 Å². The lowest BCUT2D eigenvalue weighted by Gasteiger charge is -2.17. The maximum Gasteiger partial charge on any atom is 0.387 e. The molecular weight excluding hydrogens is 302 g/mol. The minimum atomic E-state index is -0.845. The lowest BCUT2D eigenvalue weighted by atomic mass is 10.1. The van der Waals surface area contributed by atoms with E-state index in [0.29, 0.717) is 11.3 Å². The van der Waals surface area contributed by atoms with Crippen molar-refractivity contribution in [3.8, 4) is 5.75 Å². The van der Waals surface area contributed by atoms with Gasteiger partial charge in [0.05, 0.1) is 9.85 Å². The molecule has 2 aromatic carbocycles. The van der Waals surface area contributed by atoms with Gasteiger partial charge in [-0.3, -0.25) is 20.2 Å². The van der Waals surface area contributed by atoms with Crippen molar-refractivity contribution >= 4 is 17.1 Å². The molecule has 118 valence electrons. The second-order valence-electron chi connectivity index (χ2n) is 4.54. The molecule has 0 amide bonds. The predicted molar refractivity (Wildman–Crippen MR) is 84.2 cm³/mol. The molecule has 0 aliphatic rings. The highest BCUT2D eigenvalue weighted by Crippen LogP contribution is 2.39. The van der Waals surface area contributed by atoms with Crippen molar-refractivity contribution in [2.75, 3.05) is 5.73 Å². The van der Waals surface area contributed by atoms with Gasteiger partial charge in [-0.05, 0) is 18.2 Å². The number of ether oxygens (including phenoxy) is 1. The molecule has 0 aliphatic heterocycles. The van der Waals surface area contributed by atoms with Crippen molar-refractivity contribution in [1.82, 2.24) is 0 Å². The zero-order valence-electron chi connectivity index (χ0n) is 11.9. The van der Waals surface area contributed by atoms with Gasteiger partial charge in [0.2, 0.25) is 5.75 Å². The molecule has 1 atom stereocenters. The molecule has 0 fully saturated rings. The highest BCUT2D eigenvalue weighted by molar-refractivity contribution is 5.62. The minimum absolute atomic E-state index is 0.225. The number of nitro benzene ring substituents is 2. The Morgan fingerprint density at radius 2 is 1.78 bits per heavy atom. The highest BCUT2D eigenvalue weighted by atomic mass is 16.6. The maximum atomic E-state index is 11.2. The fourth-order valence-electron chi connectivity index (χ4n) is 2.08. The number of rotatable bonds is 6. The van der Waals surface area contributed by atoms with Crippen LogP contribution in [0.5, 0.6) is 5.75 Å². The summed E-state index contributed by atoms with van der Waals surface area (Å²) in [4.78, 5) is 20.5. The van der Waals surface area contributed by atoms with E-state index in [1.807, 2.05) is 0 Å². The summed E-state index contributed by atoms with van der Waals surface area (Å²) in [5.74, 6) is -0.225. The van der Waals surface area contributed by atoms with Crippen LogP contribution in [0.4, 0.5) is 17.1 Å². The molecule has 0 saturated heterocycles. The summed E-state index contributed by atoms with van der Waals surface area (Å²) in [5, 5.41) is 22.2. The molecule has 23 heavy (non-hydrogen) atoms. The lowest BCUT2D eigenvalue weighted by molar-refractivity contribution is -0.423. The summed E-state index contributed by atoms with van der Waals surface area (Å²) in [5.41, 5.74) is 5.49. The molecule has 0 saturated carbocycles. The predicted octanol–water partition coefficient (Wildman–Crippen LogP) is 3.39. The second-order valence-corrected chi connectivity index (χ2v) is 4.54. The standard InChI is InChI=1S/C15H13N3O5/c1-2-13(10-6-3-4-7-11(10)16)23-14-9-5-8-12(17(19)20)15(14)18(21)22/h2-9,13H,1,16H2. The maximum absolute atomic E-state index is 11.2. The smallest absolute Gasteiger partial charge is 0.387 e. The molecule has 2 aromatic rings. The van der Waals surface area contributed by atoms with E-state index in [0.717, 1.165) is 6.07 Å². The molecule has 0 radical (unpaired) electrons. The molecule has 0 aromatic heterocycles. The molecule has 1 unspecified atom stereocenters. The topological polar surface area (TPSA) is 122 Å². The fraction of sp³-hybridized carbons (Fsp3) is 0.0667. The van der Waals surface area contributed by atoms with E-state index in [-0.39, 0.29) is 5.75 Å². The van der Waals surface area contributed by atoms with Gasteiger partial charge in [0.1, 0.15) is 6.10 Å². The molecule has 8 nitrogen and oxygen atoms in total. The van der Waals surface area contributed by atoms with Crippen molar-refractivity contribution in [3.63, 3.8) is 0 Å². The fourth-order valence-corrected chi connectivity index (χ4v) is 2.08.